The van der Waals surface area contributed by atoms with E-state index in [1.165, 1.54) is 76.3 Å². The van der Waals surface area contributed by atoms with Crippen molar-refractivity contribution in [1.29, 1.82) is 0 Å². The van der Waals surface area contributed by atoms with Gasteiger partial charge in [0.15, 0.2) is 0 Å². The molecule has 1 aliphatic rings. The fourth-order valence-corrected chi connectivity index (χ4v) is 7.66. The van der Waals surface area contributed by atoms with Crippen molar-refractivity contribution < 1.29 is 4.74 Å². The number of fused-ring (bicyclic) bond motifs is 8. The topological polar surface area (TPSA) is 9.23 Å². The molecule has 1 heterocycles. The first kappa shape index (κ1) is 24.5. The summed E-state index contributed by atoms with van der Waals surface area (Å²) in [6.45, 7) is 0. The maximum Gasteiger partial charge on any atom is 0.143 e. The van der Waals surface area contributed by atoms with Gasteiger partial charge in [-0.25, -0.2) is 0 Å². The Kier molecular flexibility index (Phi) is 5.06. The van der Waals surface area contributed by atoms with E-state index < -0.39 is 0 Å². The Labute approximate surface area is 260 Å². The summed E-state index contributed by atoms with van der Waals surface area (Å²) >= 11 is 0. The highest BCUT2D eigenvalue weighted by molar-refractivity contribution is 6.24. The summed E-state index contributed by atoms with van der Waals surface area (Å²) < 4.78 is 6.72. The number of ether oxygens (including phenoxy) is 1. The van der Waals surface area contributed by atoms with E-state index in [4.69, 9.17) is 4.74 Å². The normalized spacial score (nSPS) is 12.2. The predicted molar refractivity (Wildman–Crippen MR) is 190 cm³/mol. The summed E-state index contributed by atoms with van der Waals surface area (Å²) in [7, 11) is 0. The van der Waals surface area contributed by atoms with E-state index in [-0.39, 0.29) is 0 Å². The minimum absolute atomic E-state index is 0.913. The molecule has 0 aliphatic carbocycles. The Morgan fingerprint density at radius 2 is 1.00 bits per heavy atom. The molecule has 45 heavy (non-hydrogen) atoms. The van der Waals surface area contributed by atoms with Crippen molar-refractivity contribution in [3.8, 4) is 44.9 Å². The summed E-state index contributed by atoms with van der Waals surface area (Å²) in [5.74, 6) is 1.85. The van der Waals surface area contributed by atoms with Crippen LogP contribution in [0.4, 0.5) is 0 Å². The highest BCUT2D eigenvalue weighted by Crippen LogP contribution is 2.52. The van der Waals surface area contributed by atoms with Gasteiger partial charge in [-0.05, 0) is 89.1 Å². The second-order valence-electron chi connectivity index (χ2n) is 12.0. The summed E-state index contributed by atoms with van der Waals surface area (Å²) in [4.78, 5) is 0. The predicted octanol–water partition coefficient (Wildman–Crippen LogP) is 12.6. The van der Waals surface area contributed by atoms with Crippen LogP contribution in [-0.2, 0) is 0 Å². The highest BCUT2D eigenvalue weighted by atomic mass is 16.5. The molecule has 0 spiro atoms. The SMILES string of the molecule is c1ccc(-c2c3ccccc3cc3c2ccc2cccc(-c4ccc5c6c(cccc46)-c4ccc6ccccc6c4O5)c23)cc1. The maximum absolute atomic E-state index is 6.72. The van der Waals surface area contributed by atoms with Gasteiger partial charge in [0, 0.05) is 16.3 Å². The molecule has 0 amide bonds. The molecule has 0 bridgehead atoms. The first-order valence-corrected chi connectivity index (χ1v) is 15.5. The quantitative estimate of drug-likeness (QED) is 0.148. The van der Waals surface area contributed by atoms with E-state index >= 15 is 0 Å². The average Bonchev–Trinajstić information content (AvgIpc) is 3.11. The van der Waals surface area contributed by atoms with Crippen LogP contribution < -0.4 is 4.74 Å². The molecule has 1 heteroatoms. The van der Waals surface area contributed by atoms with Crippen molar-refractivity contribution in [2.75, 3.05) is 0 Å². The van der Waals surface area contributed by atoms with E-state index in [0.29, 0.717) is 0 Å². The molecule has 9 aromatic carbocycles. The molecule has 9 aromatic rings. The zero-order valence-corrected chi connectivity index (χ0v) is 24.4. The molecule has 0 saturated heterocycles. The molecule has 1 nitrogen and oxygen atoms in total. The largest absolute Gasteiger partial charge is 0.455 e. The molecule has 1 aliphatic heterocycles. The third-order valence-corrected chi connectivity index (χ3v) is 9.62. The maximum atomic E-state index is 6.72. The smallest absolute Gasteiger partial charge is 0.143 e. The number of rotatable bonds is 2. The molecule has 0 unspecified atom stereocenters. The van der Waals surface area contributed by atoms with Crippen molar-refractivity contribution >= 4 is 53.9 Å². The van der Waals surface area contributed by atoms with Gasteiger partial charge in [0.1, 0.15) is 11.5 Å². The minimum atomic E-state index is 0.913. The molecule has 0 N–H and O–H groups in total. The van der Waals surface area contributed by atoms with E-state index in [0.717, 1.165) is 22.4 Å². The van der Waals surface area contributed by atoms with Gasteiger partial charge in [-0.1, -0.05) is 140 Å². The second-order valence-corrected chi connectivity index (χ2v) is 12.0. The second kappa shape index (κ2) is 9.29. The molecule has 10 rings (SSSR count). The van der Waals surface area contributed by atoms with Crippen molar-refractivity contribution in [3.63, 3.8) is 0 Å². The van der Waals surface area contributed by atoms with Gasteiger partial charge in [-0.2, -0.15) is 0 Å². The Morgan fingerprint density at radius 3 is 1.89 bits per heavy atom. The third kappa shape index (κ3) is 3.50. The molecular formula is C44H26O. The van der Waals surface area contributed by atoms with Crippen LogP contribution in [0.5, 0.6) is 11.5 Å². The van der Waals surface area contributed by atoms with Crippen molar-refractivity contribution in [2.45, 2.75) is 0 Å². The van der Waals surface area contributed by atoms with Crippen LogP contribution in [0.15, 0.2) is 158 Å². The molecular weight excluding hydrogens is 544 g/mol. The van der Waals surface area contributed by atoms with E-state index in [1.807, 2.05) is 0 Å². The van der Waals surface area contributed by atoms with Gasteiger partial charge in [0.05, 0.1) is 0 Å². The number of hydrogen-bond donors (Lipinski definition) is 0. The monoisotopic (exact) mass is 570 g/mol. The van der Waals surface area contributed by atoms with Gasteiger partial charge >= 0.3 is 0 Å². The minimum Gasteiger partial charge on any atom is -0.455 e. The zero-order valence-electron chi connectivity index (χ0n) is 24.4. The first-order valence-electron chi connectivity index (χ1n) is 15.5. The van der Waals surface area contributed by atoms with Crippen LogP contribution in [0, 0.1) is 0 Å². The van der Waals surface area contributed by atoms with Gasteiger partial charge in [-0.3, -0.25) is 0 Å². The molecule has 0 aromatic heterocycles. The standard InChI is InChI=1S/C44H26O/c1-2-11-28(12-3-1)41-31-15-6-5-13-30(31)26-39-37(41)22-21-29-14-8-17-34(42(29)39)33-24-25-40-43-35(33)18-9-19-36(43)38-23-20-27-10-4-7-16-32(27)44(38)45-40/h1-26H. The fraction of sp³-hybridized carbons (Fsp3) is 0. The number of hydrogen-bond acceptors (Lipinski definition) is 1. The Bertz CT molecular complexity index is 2670. The Balaban J connectivity index is 1.30. The van der Waals surface area contributed by atoms with Crippen molar-refractivity contribution in [2.24, 2.45) is 0 Å². The Morgan fingerprint density at radius 1 is 0.333 bits per heavy atom. The van der Waals surface area contributed by atoms with E-state index in [2.05, 4.69) is 158 Å². The molecule has 0 atom stereocenters. The molecule has 0 radical (unpaired) electrons. The molecule has 0 saturated carbocycles. The van der Waals surface area contributed by atoms with Crippen molar-refractivity contribution in [3.05, 3.63) is 158 Å². The lowest BCUT2D eigenvalue weighted by Crippen LogP contribution is -1.99. The summed E-state index contributed by atoms with van der Waals surface area (Å²) in [6.07, 6.45) is 0. The average molecular weight is 571 g/mol. The molecule has 0 fully saturated rings. The first-order chi connectivity index (χ1) is 22.3. The van der Waals surface area contributed by atoms with Gasteiger partial charge in [-0.15, -0.1) is 0 Å². The lowest BCUT2D eigenvalue weighted by Gasteiger charge is -2.24. The lowest BCUT2D eigenvalue weighted by atomic mass is 9.85. The van der Waals surface area contributed by atoms with Crippen LogP contribution in [0.25, 0.3) is 87.2 Å². The van der Waals surface area contributed by atoms with Gasteiger partial charge < -0.3 is 4.74 Å². The van der Waals surface area contributed by atoms with Crippen molar-refractivity contribution in [1.82, 2.24) is 0 Å². The summed E-state index contributed by atoms with van der Waals surface area (Å²) in [6, 6.07) is 57.3. The van der Waals surface area contributed by atoms with E-state index in [1.54, 1.807) is 0 Å². The summed E-state index contributed by atoms with van der Waals surface area (Å²) in [5, 5.41) is 12.3. The zero-order chi connectivity index (χ0) is 29.5. The van der Waals surface area contributed by atoms with Gasteiger partial charge in [0.25, 0.3) is 0 Å². The fourth-order valence-electron chi connectivity index (χ4n) is 7.66. The van der Waals surface area contributed by atoms with Crippen LogP contribution in [0.1, 0.15) is 0 Å². The van der Waals surface area contributed by atoms with Crippen LogP contribution >= 0.6 is 0 Å². The van der Waals surface area contributed by atoms with Crippen LogP contribution in [0.2, 0.25) is 0 Å². The van der Waals surface area contributed by atoms with Crippen LogP contribution in [0.3, 0.4) is 0 Å². The van der Waals surface area contributed by atoms with E-state index in [9.17, 15) is 0 Å². The lowest BCUT2D eigenvalue weighted by molar-refractivity contribution is 0.493. The number of benzene rings is 9. The van der Waals surface area contributed by atoms with Gasteiger partial charge in [0.2, 0.25) is 0 Å². The van der Waals surface area contributed by atoms with Crippen LogP contribution in [-0.4, -0.2) is 0 Å². The Hall–Kier alpha value is -5.92. The highest BCUT2D eigenvalue weighted by Gasteiger charge is 2.24. The third-order valence-electron chi connectivity index (χ3n) is 9.62. The molecule has 208 valence electrons. The summed E-state index contributed by atoms with van der Waals surface area (Å²) in [5.41, 5.74) is 7.34.